The Hall–Kier alpha value is -2.39. The lowest BCUT2D eigenvalue weighted by Crippen LogP contribution is -2.15. The molecule has 0 aliphatic carbocycles. The zero-order valence-electron chi connectivity index (χ0n) is 13.7. The number of hydrogen-bond acceptors (Lipinski definition) is 7. The van der Waals surface area contributed by atoms with Gasteiger partial charge >= 0.3 is 0 Å². The van der Waals surface area contributed by atoms with E-state index in [1.807, 2.05) is 25.1 Å². The molecule has 0 radical (unpaired) electrons. The van der Waals surface area contributed by atoms with Gasteiger partial charge in [0.05, 0.1) is 22.6 Å². The number of nitrogens with one attached hydrogen (secondary N) is 2. The Morgan fingerprint density at radius 2 is 2.20 bits per heavy atom. The van der Waals surface area contributed by atoms with E-state index in [0.717, 1.165) is 16.0 Å². The predicted molar refractivity (Wildman–Crippen MR) is 99.7 cm³/mol. The monoisotopic (exact) mass is 376 g/mol. The molecule has 0 bridgehead atoms. The number of rotatable bonds is 6. The summed E-state index contributed by atoms with van der Waals surface area (Å²) in [5.74, 6) is 0.701. The number of ether oxygens (including phenoxy) is 1. The van der Waals surface area contributed by atoms with E-state index in [0.29, 0.717) is 22.6 Å². The summed E-state index contributed by atoms with van der Waals surface area (Å²) in [5.41, 5.74) is 1.19. The average Bonchev–Trinajstić information content (AvgIpc) is 2.94. The molecule has 1 amide bonds. The lowest BCUT2D eigenvalue weighted by Gasteiger charge is -2.02. The van der Waals surface area contributed by atoms with Crippen molar-refractivity contribution in [3.63, 3.8) is 0 Å². The van der Waals surface area contributed by atoms with Crippen LogP contribution < -0.4 is 15.6 Å². The fraction of sp³-hybridized carbons (Fsp3) is 0.250. The predicted octanol–water partition coefficient (Wildman–Crippen LogP) is 2.82. The van der Waals surface area contributed by atoms with Gasteiger partial charge < -0.3 is 15.0 Å². The number of aromatic nitrogens is 3. The SMILES string of the molecule is CCOc1ccc2nc(NC(=O)CSc3nc(C)cc(=O)[nH]3)sc2c1. The van der Waals surface area contributed by atoms with Gasteiger partial charge in [-0.05, 0) is 32.0 Å². The lowest BCUT2D eigenvalue weighted by atomic mass is 10.3. The van der Waals surface area contributed by atoms with Crippen LogP contribution in [0.2, 0.25) is 0 Å². The highest BCUT2D eigenvalue weighted by atomic mass is 32.2. The number of aryl methyl sites for hydroxylation is 1. The number of anilines is 1. The molecule has 0 aliphatic rings. The summed E-state index contributed by atoms with van der Waals surface area (Å²) in [4.78, 5) is 34.6. The van der Waals surface area contributed by atoms with Gasteiger partial charge in [-0.3, -0.25) is 9.59 Å². The molecule has 25 heavy (non-hydrogen) atoms. The maximum absolute atomic E-state index is 12.1. The number of thioether (sulfide) groups is 1. The van der Waals surface area contributed by atoms with Crippen LogP contribution in [0.3, 0.4) is 0 Å². The van der Waals surface area contributed by atoms with Crippen molar-refractivity contribution in [1.82, 2.24) is 15.0 Å². The second kappa shape index (κ2) is 7.66. The minimum Gasteiger partial charge on any atom is -0.494 e. The molecule has 0 atom stereocenters. The number of nitrogens with zero attached hydrogens (tertiary/aromatic N) is 2. The highest BCUT2D eigenvalue weighted by Crippen LogP contribution is 2.29. The lowest BCUT2D eigenvalue weighted by molar-refractivity contribution is -0.113. The molecule has 9 heteroatoms. The van der Waals surface area contributed by atoms with Crippen molar-refractivity contribution in [2.75, 3.05) is 17.7 Å². The third-order valence-electron chi connectivity index (χ3n) is 3.11. The maximum Gasteiger partial charge on any atom is 0.251 e. The molecule has 1 aromatic carbocycles. The van der Waals surface area contributed by atoms with Crippen molar-refractivity contribution in [2.24, 2.45) is 0 Å². The van der Waals surface area contributed by atoms with E-state index in [-0.39, 0.29) is 17.2 Å². The van der Waals surface area contributed by atoms with Crippen molar-refractivity contribution < 1.29 is 9.53 Å². The largest absolute Gasteiger partial charge is 0.494 e. The van der Waals surface area contributed by atoms with Crippen LogP contribution >= 0.6 is 23.1 Å². The molecule has 3 rings (SSSR count). The van der Waals surface area contributed by atoms with Gasteiger partial charge in [0.25, 0.3) is 5.56 Å². The molecule has 0 saturated heterocycles. The molecule has 0 spiro atoms. The molecular weight excluding hydrogens is 360 g/mol. The zero-order valence-corrected chi connectivity index (χ0v) is 15.3. The van der Waals surface area contributed by atoms with Gasteiger partial charge in [-0.1, -0.05) is 23.1 Å². The average molecular weight is 376 g/mol. The molecular formula is C16H16N4O3S2. The van der Waals surface area contributed by atoms with Gasteiger partial charge in [0.15, 0.2) is 10.3 Å². The number of benzene rings is 1. The first kappa shape index (κ1) is 17.4. The number of H-pyrrole nitrogens is 1. The van der Waals surface area contributed by atoms with Crippen LogP contribution in [0, 0.1) is 6.92 Å². The van der Waals surface area contributed by atoms with E-state index in [2.05, 4.69) is 20.3 Å². The Morgan fingerprint density at radius 1 is 1.36 bits per heavy atom. The van der Waals surface area contributed by atoms with E-state index < -0.39 is 0 Å². The summed E-state index contributed by atoms with van der Waals surface area (Å²) >= 11 is 2.56. The van der Waals surface area contributed by atoms with E-state index >= 15 is 0 Å². The highest BCUT2D eigenvalue weighted by molar-refractivity contribution is 7.99. The summed E-state index contributed by atoms with van der Waals surface area (Å²) in [5, 5.41) is 3.72. The van der Waals surface area contributed by atoms with Crippen molar-refractivity contribution in [3.8, 4) is 5.75 Å². The Balaban J connectivity index is 1.64. The third kappa shape index (κ3) is 4.58. The molecule has 0 fully saturated rings. The smallest absolute Gasteiger partial charge is 0.251 e. The number of hydrogen-bond donors (Lipinski definition) is 2. The van der Waals surface area contributed by atoms with E-state index in [9.17, 15) is 9.59 Å². The topological polar surface area (TPSA) is 97.0 Å². The molecule has 2 heterocycles. The molecule has 2 N–H and O–H groups in total. The van der Waals surface area contributed by atoms with Crippen molar-refractivity contribution >= 4 is 44.4 Å². The number of thiazole rings is 1. The van der Waals surface area contributed by atoms with Gasteiger partial charge in [0, 0.05) is 11.8 Å². The van der Waals surface area contributed by atoms with Gasteiger partial charge in [0.2, 0.25) is 5.91 Å². The minimum atomic E-state index is -0.230. The summed E-state index contributed by atoms with van der Waals surface area (Å²) in [7, 11) is 0. The Labute approximate surface area is 151 Å². The molecule has 0 aliphatic heterocycles. The minimum absolute atomic E-state index is 0.131. The molecule has 130 valence electrons. The van der Waals surface area contributed by atoms with Crippen LogP contribution in [-0.2, 0) is 4.79 Å². The van der Waals surface area contributed by atoms with Crippen LogP contribution in [0.15, 0.2) is 34.2 Å². The third-order valence-corrected chi connectivity index (χ3v) is 4.91. The van der Waals surface area contributed by atoms with Crippen LogP contribution in [0.1, 0.15) is 12.6 Å². The maximum atomic E-state index is 12.1. The summed E-state index contributed by atoms with van der Waals surface area (Å²) in [6, 6.07) is 7.03. The molecule has 0 unspecified atom stereocenters. The van der Waals surface area contributed by atoms with Crippen LogP contribution in [-0.4, -0.2) is 33.2 Å². The normalized spacial score (nSPS) is 10.8. The zero-order chi connectivity index (χ0) is 17.8. The van der Waals surface area contributed by atoms with E-state index in [4.69, 9.17) is 4.74 Å². The molecule has 2 aromatic heterocycles. The van der Waals surface area contributed by atoms with Gasteiger partial charge in [-0.2, -0.15) is 0 Å². The number of carbonyl (C=O) groups excluding carboxylic acids is 1. The first-order valence-electron chi connectivity index (χ1n) is 7.57. The first-order chi connectivity index (χ1) is 12.0. The van der Waals surface area contributed by atoms with E-state index in [1.54, 1.807) is 6.92 Å². The van der Waals surface area contributed by atoms with Crippen LogP contribution in [0.4, 0.5) is 5.13 Å². The molecule has 3 aromatic rings. The standard InChI is InChI=1S/C16H16N4O3S2/c1-3-23-10-4-5-11-12(7-10)25-16(18-11)20-14(22)8-24-15-17-9(2)6-13(21)19-15/h4-7H,3,8H2,1-2H3,(H,17,19,21)(H,18,20,22). The fourth-order valence-electron chi connectivity index (χ4n) is 2.12. The van der Waals surface area contributed by atoms with Crippen LogP contribution in [0.25, 0.3) is 10.2 Å². The highest BCUT2D eigenvalue weighted by Gasteiger charge is 2.10. The summed E-state index contributed by atoms with van der Waals surface area (Å²) < 4.78 is 6.41. The van der Waals surface area contributed by atoms with E-state index in [1.165, 1.54) is 29.2 Å². The number of aromatic amines is 1. The second-order valence-corrected chi connectivity index (χ2v) is 7.11. The first-order valence-corrected chi connectivity index (χ1v) is 9.37. The molecule has 7 nitrogen and oxygen atoms in total. The summed E-state index contributed by atoms with van der Waals surface area (Å²) in [6.07, 6.45) is 0. The van der Waals surface area contributed by atoms with Gasteiger partial charge in [-0.15, -0.1) is 0 Å². The number of fused-ring (bicyclic) bond motifs is 1. The van der Waals surface area contributed by atoms with Crippen LogP contribution in [0.5, 0.6) is 5.75 Å². The number of amides is 1. The second-order valence-electron chi connectivity index (χ2n) is 5.11. The quantitative estimate of drug-likeness (QED) is 0.507. The Bertz CT molecular complexity index is 967. The van der Waals surface area contributed by atoms with Gasteiger partial charge in [-0.25, -0.2) is 9.97 Å². The number of carbonyl (C=O) groups is 1. The summed E-state index contributed by atoms with van der Waals surface area (Å²) in [6.45, 7) is 4.26. The Morgan fingerprint density at radius 3 is 2.96 bits per heavy atom. The van der Waals surface area contributed by atoms with Gasteiger partial charge in [0.1, 0.15) is 5.75 Å². The molecule has 0 saturated carbocycles. The fourth-order valence-corrected chi connectivity index (χ4v) is 3.76. The van der Waals surface area contributed by atoms with Crippen molar-refractivity contribution in [2.45, 2.75) is 19.0 Å². The van der Waals surface area contributed by atoms with Crippen molar-refractivity contribution in [1.29, 1.82) is 0 Å². The Kier molecular flexibility index (Phi) is 5.34. The van der Waals surface area contributed by atoms with Crippen molar-refractivity contribution in [3.05, 3.63) is 40.3 Å².